The summed E-state index contributed by atoms with van der Waals surface area (Å²) < 4.78 is 5.90. The number of aliphatic hydroxyl groups is 1. The van der Waals surface area contributed by atoms with Gasteiger partial charge >= 0.3 is 0 Å². The number of nitrogens with zero attached hydrogens (tertiary/aromatic N) is 1. The molecule has 106 valence electrons. The molecule has 0 aliphatic carbocycles. The molecular weight excluding hydrogens is 286 g/mol. The van der Waals surface area contributed by atoms with Gasteiger partial charge in [-0.15, -0.1) is 0 Å². The molecule has 0 amide bonds. The Morgan fingerprint density at radius 3 is 2.71 bits per heavy atom. The first-order chi connectivity index (χ1) is 10.1. The standard InChI is InChI=1S/C17H14ClNO2/c1-11(20)12-7-8-17(14(18)10-12)21-16-6-2-5-15-13(16)4-3-9-19-15/h2-11,20H,1H3. The predicted octanol–water partition coefficient (Wildman–Crippen LogP) is 4.73. The summed E-state index contributed by atoms with van der Waals surface area (Å²) in [4.78, 5) is 4.30. The van der Waals surface area contributed by atoms with Crippen molar-refractivity contribution < 1.29 is 9.84 Å². The van der Waals surface area contributed by atoms with Crippen LogP contribution in [-0.2, 0) is 0 Å². The molecule has 0 aliphatic heterocycles. The molecule has 0 radical (unpaired) electrons. The average Bonchev–Trinajstić information content (AvgIpc) is 2.49. The summed E-state index contributed by atoms with van der Waals surface area (Å²) in [5.41, 5.74) is 1.62. The van der Waals surface area contributed by atoms with Crippen molar-refractivity contribution in [2.24, 2.45) is 0 Å². The van der Waals surface area contributed by atoms with Crippen LogP contribution >= 0.6 is 11.6 Å². The van der Waals surface area contributed by atoms with E-state index in [2.05, 4.69) is 4.98 Å². The minimum absolute atomic E-state index is 0.467. The first kappa shape index (κ1) is 13.9. The zero-order valence-corrected chi connectivity index (χ0v) is 12.2. The van der Waals surface area contributed by atoms with Crippen LogP contribution in [0.3, 0.4) is 0 Å². The van der Waals surface area contributed by atoms with Gasteiger partial charge in [0.05, 0.1) is 16.6 Å². The van der Waals surface area contributed by atoms with Gasteiger partial charge in [-0.05, 0) is 48.9 Å². The fraction of sp³-hybridized carbons (Fsp3) is 0.118. The lowest BCUT2D eigenvalue weighted by atomic mass is 10.1. The summed E-state index contributed by atoms with van der Waals surface area (Å²) in [6, 6.07) is 14.8. The SMILES string of the molecule is CC(O)c1ccc(Oc2cccc3ncccc23)c(Cl)c1. The molecule has 0 saturated carbocycles. The molecule has 1 unspecified atom stereocenters. The lowest BCUT2D eigenvalue weighted by Gasteiger charge is -2.12. The molecule has 1 aromatic heterocycles. The van der Waals surface area contributed by atoms with Crippen molar-refractivity contribution in [2.75, 3.05) is 0 Å². The molecular formula is C17H14ClNO2. The number of pyridine rings is 1. The lowest BCUT2D eigenvalue weighted by molar-refractivity contribution is 0.199. The normalized spacial score (nSPS) is 12.3. The summed E-state index contributed by atoms with van der Waals surface area (Å²) in [6.07, 6.45) is 1.19. The molecule has 0 bridgehead atoms. The minimum atomic E-state index is -0.557. The molecule has 3 aromatic rings. The number of ether oxygens (including phenoxy) is 1. The van der Waals surface area contributed by atoms with E-state index >= 15 is 0 Å². The van der Waals surface area contributed by atoms with Gasteiger partial charge in [0, 0.05) is 11.6 Å². The number of hydrogen-bond acceptors (Lipinski definition) is 3. The number of fused-ring (bicyclic) bond motifs is 1. The highest BCUT2D eigenvalue weighted by atomic mass is 35.5. The number of halogens is 1. The fourth-order valence-corrected chi connectivity index (χ4v) is 2.37. The molecule has 21 heavy (non-hydrogen) atoms. The quantitative estimate of drug-likeness (QED) is 0.760. The third kappa shape index (κ3) is 2.84. The number of aliphatic hydroxyl groups excluding tert-OH is 1. The van der Waals surface area contributed by atoms with E-state index in [0.717, 1.165) is 16.5 Å². The molecule has 4 heteroatoms. The smallest absolute Gasteiger partial charge is 0.146 e. The maximum atomic E-state index is 9.56. The van der Waals surface area contributed by atoms with Gasteiger partial charge in [-0.2, -0.15) is 0 Å². The molecule has 2 aromatic carbocycles. The number of aromatic nitrogens is 1. The highest BCUT2D eigenvalue weighted by molar-refractivity contribution is 6.32. The van der Waals surface area contributed by atoms with Gasteiger partial charge in [-0.1, -0.05) is 23.7 Å². The summed E-state index contributed by atoms with van der Waals surface area (Å²) in [6.45, 7) is 1.70. The summed E-state index contributed by atoms with van der Waals surface area (Å²) >= 11 is 6.22. The van der Waals surface area contributed by atoms with E-state index < -0.39 is 6.10 Å². The Morgan fingerprint density at radius 1 is 1.10 bits per heavy atom. The summed E-state index contributed by atoms with van der Waals surface area (Å²) in [5.74, 6) is 1.25. The molecule has 0 aliphatic rings. The number of rotatable bonds is 3. The average molecular weight is 300 g/mol. The minimum Gasteiger partial charge on any atom is -0.455 e. The van der Waals surface area contributed by atoms with Gasteiger partial charge in [0.15, 0.2) is 0 Å². The Labute approximate surface area is 127 Å². The number of benzene rings is 2. The van der Waals surface area contributed by atoms with Gasteiger partial charge in [-0.3, -0.25) is 4.98 Å². The molecule has 0 saturated heterocycles. The van der Waals surface area contributed by atoms with Crippen LogP contribution in [0.5, 0.6) is 11.5 Å². The first-order valence-corrected chi connectivity index (χ1v) is 7.02. The second-order valence-corrected chi connectivity index (χ2v) is 5.20. The molecule has 1 N–H and O–H groups in total. The zero-order chi connectivity index (χ0) is 14.8. The maximum absolute atomic E-state index is 9.56. The highest BCUT2D eigenvalue weighted by Gasteiger charge is 2.09. The van der Waals surface area contributed by atoms with Crippen molar-refractivity contribution in [1.29, 1.82) is 0 Å². The van der Waals surface area contributed by atoms with Crippen LogP contribution in [-0.4, -0.2) is 10.1 Å². The third-order valence-electron chi connectivity index (χ3n) is 3.26. The van der Waals surface area contributed by atoms with Gasteiger partial charge < -0.3 is 9.84 Å². The largest absolute Gasteiger partial charge is 0.455 e. The molecule has 3 rings (SSSR count). The van der Waals surface area contributed by atoms with Crippen LogP contribution in [0.15, 0.2) is 54.7 Å². The van der Waals surface area contributed by atoms with E-state index in [-0.39, 0.29) is 0 Å². The number of hydrogen-bond donors (Lipinski definition) is 1. The van der Waals surface area contributed by atoms with E-state index in [0.29, 0.717) is 16.5 Å². The van der Waals surface area contributed by atoms with Crippen molar-refractivity contribution in [1.82, 2.24) is 4.98 Å². The van der Waals surface area contributed by atoms with Crippen molar-refractivity contribution in [2.45, 2.75) is 13.0 Å². The molecule has 0 fully saturated rings. The first-order valence-electron chi connectivity index (χ1n) is 6.64. The Bertz CT molecular complexity index is 781. The van der Waals surface area contributed by atoms with Gasteiger partial charge in [-0.25, -0.2) is 0 Å². The molecule has 0 spiro atoms. The van der Waals surface area contributed by atoms with Crippen LogP contribution in [0, 0.1) is 0 Å². The van der Waals surface area contributed by atoms with Crippen molar-refractivity contribution in [3.8, 4) is 11.5 Å². The van der Waals surface area contributed by atoms with E-state index in [1.54, 1.807) is 31.3 Å². The van der Waals surface area contributed by atoms with E-state index in [1.807, 2.05) is 30.3 Å². The molecule has 3 nitrogen and oxygen atoms in total. The van der Waals surface area contributed by atoms with E-state index in [4.69, 9.17) is 16.3 Å². The van der Waals surface area contributed by atoms with Gasteiger partial charge in [0.25, 0.3) is 0 Å². The maximum Gasteiger partial charge on any atom is 0.146 e. The summed E-state index contributed by atoms with van der Waals surface area (Å²) in [7, 11) is 0. The van der Waals surface area contributed by atoms with Gasteiger partial charge in [0.2, 0.25) is 0 Å². The second-order valence-electron chi connectivity index (χ2n) is 4.79. The fourth-order valence-electron chi connectivity index (χ4n) is 2.14. The van der Waals surface area contributed by atoms with Crippen molar-refractivity contribution in [3.63, 3.8) is 0 Å². The Kier molecular flexibility index (Phi) is 3.78. The Balaban J connectivity index is 1.99. The van der Waals surface area contributed by atoms with Crippen LogP contribution in [0.2, 0.25) is 5.02 Å². The van der Waals surface area contributed by atoms with Crippen LogP contribution in [0.4, 0.5) is 0 Å². The molecule has 1 heterocycles. The predicted molar refractivity (Wildman–Crippen MR) is 83.9 cm³/mol. The van der Waals surface area contributed by atoms with Crippen molar-refractivity contribution >= 4 is 22.5 Å². The zero-order valence-electron chi connectivity index (χ0n) is 11.5. The van der Waals surface area contributed by atoms with Crippen LogP contribution < -0.4 is 4.74 Å². The van der Waals surface area contributed by atoms with E-state index in [1.165, 1.54) is 0 Å². The third-order valence-corrected chi connectivity index (χ3v) is 3.56. The van der Waals surface area contributed by atoms with Crippen molar-refractivity contribution in [3.05, 3.63) is 65.3 Å². The second kappa shape index (κ2) is 5.72. The summed E-state index contributed by atoms with van der Waals surface area (Å²) in [5, 5.41) is 11.0. The monoisotopic (exact) mass is 299 g/mol. The van der Waals surface area contributed by atoms with Crippen LogP contribution in [0.1, 0.15) is 18.6 Å². The van der Waals surface area contributed by atoms with Crippen LogP contribution in [0.25, 0.3) is 10.9 Å². The van der Waals surface area contributed by atoms with E-state index in [9.17, 15) is 5.11 Å². The van der Waals surface area contributed by atoms with Gasteiger partial charge in [0.1, 0.15) is 11.5 Å². The Morgan fingerprint density at radius 2 is 1.95 bits per heavy atom. The topological polar surface area (TPSA) is 42.4 Å². The Hall–Kier alpha value is -2.10. The molecule has 1 atom stereocenters. The highest BCUT2D eigenvalue weighted by Crippen LogP contribution is 2.34. The lowest BCUT2D eigenvalue weighted by Crippen LogP contribution is -1.93.